The van der Waals surface area contributed by atoms with Crippen molar-refractivity contribution in [3.63, 3.8) is 0 Å². The van der Waals surface area contributed by atoms with Gasteiger partial charge in [-0.3, -0.25) is 0 Å². The summed E-state index contributed by atoms with van der Waals surface area (Å²) in [7, 11) is 1.93. The second-order valence-electron chi connectivity index (χ2n) is 3.73. The molecule has 2 aromatic carbocycles. The number of benzene rings is 2. The fourth-order valence-electron chi connectivity index (χ4n) is 1.55. The molecule has 0 aliphatic carbocycles. The van der Waals surface area contributed by atoms with E-state index in [2.05, 4.69) is 5.32 Å². The van der Waals surface area contributed by atoms with Gasteiger partial charge in [0.2, 0.25) is 0 Å². The molecule has 1 N–H and O–H groups in total. The maximum absolute atomic E-state index is 5.89. The number of rotatable bonds is 4. The Balaban J connectivity index is 2.08. The molecule has 2 nitrogen and oxygen atoms in total. The molecule has 0 saturated carbocycles. The summed E-state index contributed by atoms with van der Waals surface area (Å²) in [5, 5.41) is 3.78. The first-order valence-electron chi connectivity index (χ1n) is 5.45. The third-order valence-corrected chi connectivity index (χ3v) is 2.57. The first-order chi connectivity index (χ1) is 8.28. The summed E-state index contributed by atoms with van der Waals surface area (Å²) < 4.78 is 5.69. The zero-order valence-electron chi connectivity index (χ0n) is 9.61. The normalized spacial score (nSPS) is 10.2. The largest absolute Gasteiger partial charge is 0.457 e. The van der Waals surface area contributed by atoms with Gasteiger partial charge in [0, 0.05) is 11.6 Å². The average Bonchev–Trinajstić information content (AvgIpc) is 2.32. The quantitative estimate of drug-likeness (QED) is 0.886. The van der Waals surface area contributed by atoms with Crippen LogP contribution in [0.1, 0.15) is 5.56 Å². The Morgan fingerprint density at radius 2 is 1.82 bits per heavy atom. The monoisotopic (exact) mass is 247 g/mol. The lowest BCUT2D eigenvalue weighted by atomic mass is 10.2. The summed E-state index contributed by atoms with van der Waals surface area (Å²) in [5.74, 6) is 1.56. The molecule has 0 spiro atoms. The Morgan fingerprint density at radius 1 is 1.06 bits per heavy atom. The first kappa shape index (κ1) is 12.0. The molecule has 0 radical (unpaired) electrons. The topological polar surface area (TPSA) is 21.3 Å². The van der Waals surface area contributed by atoms with E-state index in [1.54, 1.807) is 6.07 Å². The van der Waals surface area contributed by atoms with Crippen molar-refractivity contribution in [2.24, 2.45) is 0 Å². The zero-order valence-corrected chi connectivity index (χ0v) is 10.4. The van der Waals surface area contributed by atoms with E-state index in [1.165, 1.54) is 5.56 Å². The van der Waals surface area contributed by atoms with Crippen molar-refractivity contribution in [1.82, 2.24) is 5.32 Å². The standard InChI is InChI=1S/C14H14ClNO/c1-16-10-11-5-7-13(8-6-11)17-14-4-2-3-12(15)9-14/h2-9,16H,10H2,1H3. The second-order valence-corrected chi connectivity index (χ2v) is 4.17. The van der Waals surface area contributed by atoms with E-state index >= 15 is 0 Å². The summed E-state index contributed by atoms with van der Waals surface area (Å²) >= 11 is 5.89. The molecular weight excluding hydrogens is 234 g/mol. The van der Waals surface area contributed by atoms with Gasteiger partial charge in [-0.05, 0) is 42.9 Å². The average molecular weight is 248 g/mol. The van der Waals surface area contributed by atoms with E-state index in [-0.39, 0.29) is 0 Å². The number of hydrogen-bond donors (Lipinski definition) is 1. The zero-order chi connectivity index (χ0) is 12.1. The number of halogens is 1. The van der Waals surface area contributed by atoms with Crippen molar-refractivity contribution >= 4 is 11.6 Å². The van der Waals surface area contributed by atoms with E-state index < -0.39 is 0 Å². The molecule has 0 heterocycles. The van der Waals surface area contributed by atoms with Gasteiger partial charge in [0.1, 0.15) is 11.5 Å². The Kier molecular flexibility index (Phi) is 4.02. The minimum Gasteiger partial charge on any atom is -0.457 e. The van der Waals surface area contributed by atoms with Crippen LogP contribution < -0.4 is 10.1 Å². The van der Waals surface area contributed by atoms with Crippen LogP contribution in [0.2, 0.25) is 5.02 Å². The van der Waals surface area contributed by atoms with E-state index in [0.717, 1.165) is 18.0 Å². The molecule has 2 rings (SSSR count). The molecule has 3 heteroatoms. The fourth-order valence-corrected chi connectivity index (χ4v) is 1.73. The SMILES string of the molecule is CNCc1ccc(Oc2cccc(Cl)c2)cc1. The van der Waals surface area contributed by atoms with Gasteiger partial charge in [0.25, 0.3) is 0 Å². The van der Waals surface area contributed by atoms with Crippen LogP contribution in [0.5, 0.6) is 11.5 Å². The van der Waals surface area contributed by atoms with Gasteiger partial charge < -0.3 is 10.1 Å². The number of hydrogen-bond acceptors (Lipinski definition) is 2. The van der Waals surface area contributed by atoms with E-state index in [4.69, 9.17) is 16.3 Å². The Bertz CT molecular complexity index is 482. The van der Waals surface area contributed by atoms with Gasteiger partial charge in [0.05, 0.1) is 0 Å². The molecule has 0 atom stereocenters. The highest BCUT2D eigenvalue weighted by Gasteiger charge is 1.98. The molecular formula is C14H14ClNO. The summed E-state index contributed by atoms with van der Waals surface area (Å²) in [6.07, 6.45) is 0. The minimum atomic E-state index is 0.675. The van der Waals surface area contributed by atoms with Gasteiger partial charge in [-0.25, -0.2) is 0 Å². The van der Waals surface area contributed by atoms with Crippen LogP contribution in [0.25, 0.3) is 0 Å². The van der Waals surface area contributed by atoms with Crippen molar-refractivity contribution in [2.75, 3.05) is 7.05 Å². The van der Waals surface area contributed by atoms with E-state index in [9.17, 15) is 0 Å². The minimum absolute atomic E-state index is 0.675. The molecule has 0 amide bonds. The van der Waals surface area contributed by atoms with Crippen molar-refractivity contribution in [3.05, 3.63) is 59.1 Å². The van der Waals surface area contributed by atoms with E-state index in [1.807, 2.05) is 49.5 Å². The highest BCUT2D eigenvalue weighted by molar-refractivity contribution is 6.30. The predicted octanol–water partition coefficient (Wildman–Crippen LogP) is 3.85. The summed E-state index contributed by atoms with van der Waals surface area (Å²) in [6.45, 7) is 0.859. The highest BCUT2D eigenvalue weighted by atomic mass is 35.5. The highest BCUT2D eigenvalue weighted by Crippen LogP contribution is 2.24. The molecule has 0 unspecified atom stereocenters. The lowest BCUT2D eigenvalue weighted by Gasteiger charge is -2.07. The van der Waals surface area contributed by atoms with Crippen LogP contribution >= 0.6 is 11.6 Å². The summed E-state index contributed by atoms with van der Waals surface area (Å²) in [5.41, 5.74) is 1.23. The van der Waals surface area contributed by atoms with Crippen molar-refractivity contribution < 1.29 is 4.74 Å². The van der Waals surface area contributed by atoms with Crippen molar-refractivity contribution in [1.29, 1.82) is 0 Å². The van der Waals surface area contributed by atoms with Crippen LogP contribution in [0.15, 0.2) is 48.5 Å². The molecule has 0 fully saturated rings. The molecule has 88 valence electrons. The van der Waals surface area contributed by atoms with Crippen LogP contribution in [0, 0.1) is 0 Å². The van der Waals surface area contributed by atoms with Gasteiger partial charge in [0.15, 0.2) is 0 Å². The molecule has 0 aromatic heterocycles. The molecule has 0 saturated heterocycles. The van der Waals surface area contributed by atoms with Gasteiger partial charge in [-0.15, -0.1) is 0 Å². The molecule has 0 aliphatic rings. The molecule has 0 bridgehead atoms. The Hall–Kier alpha value is -1.51. The van der Waals surface area contributed by atoms with Crippen LogP contribution in [-0.2, 0) is 6.54 Å². The lowest BCUT2D eigenvalue weighted by Crippen LogP contribution is -2.04. The third kappa shape index (κ3) is 3.48. The van der Waals surface area contributed by atoms with Crippen LogP contribution in [-0.4, -0.2) is 7.05 Å². The maximum atomic E-state index is 5.89. The summed E-state index contributed by atoms with van der Waals surface area (Å²) in [6, 6.07) is 15.3. The fraction of sp³-hybridized carbons (Fsp3) is 0.143. The molecule has 17 heavy (non-hydrogen) atoms. The van der Waals surface area contributed by atoms with Crippen LogP contribution in [0.3, 0.4) is 0 Å². The Labute approximate surface area is 106 Å². The molecule has 0 aliphatic heterocycles. The van der Waals surface area contributed by atoms with Crippen molar-refractivity contribution in [3.8, 4) is 11.5 Å². The number of ether oxygens (including phenoxy) is 1. The predicted molar refractivity (Wildman–Crippen MR) is 70.7 cm³/mol. The number of nitrogens with one attached hydrogen (secondary N) is 1. The lowest BCUT2D eigenvalue weighted by molar-refractivity contribution is 0.482. The van der Waals surface area contributed by atoms with Gasteiger partial charge in [-0.2, -0.15) is 0 Å². The Morgan fingerprint density at radius 3 is 2.47 bits per heavy atom. The maximum Gasteiger partial charge on any atom is 0.128 e. The summed E-state index contributed by atoms with van der Waals surface area (Å²) in [4.78, 5) is 0. The molecule has 2 aromatic rings. The van der Waals surface area contributed by atoms with Gasteiger partial charge >= 0.3 is 0 Å². The third-order valence-electron chi connectivity index (χ3n) is 2.34. The van der Waals surface area contributed by atoms with Gasteiger partial charge in [-0.1, -0.05) is 29.8 Å². The van der Waals surface area contributed by atoms with Crippen molar-refractivity contribution in [2.45, 2.75) is 6.54 Å². The second kappa shape index (κ2) is 5.71. The van der Waals surface area contributed by atoms with E-state index in [0.29, 0.717) is 5.02 Å². The smallest absolute Gasteiger partial charge is 0.128 e. The van der Waals surface area contributed by atoms with Crippen LogP contribution in [0.4, 0.5) is 0 Å². The first-order valence-corrected chi connectivity index (χ1v) is 5.83.